The lowest BCUT2D eigenvalue weighted by Crippen LogP contribution is -2.12. The molecular weight excluding hydrogens is 406 g/mol. The van der Waals surface area contributed by atoms with Crippen LogP contribution in [-0.2, 0) is 0 Å². The van der Waals surface area contributed by atoms with Gasteiger partial charge in [0.1, 0.15) is 0 Å². The van der Waals surface area contributed by atoms with Crippen LogP contribution in [0.25, 0.3) is 11.1 Å². The number of hydrogen-bond acceptors (Lipinski definition) is 3. The number of ether oxygens (including phenoxy) is 2. The van der Waals surface area contributed by atoms with E-state index >= 15 is 0 Å². The Hall–Kier alpha value is -4.50. The van der Waals surface area contributed by atoms with Crippen LogP contribution in [0.1, 0.15) is 0 Å². The highest BCUT2D eigenvalue weighted by molar-refractivity contribution is 5.83. The van der Waals surface area contributed by atoms with E-state index in [-0.39, 0.29) is 0 Å². The van der Waals surface area contributed by atoms with Gasteiger partial charge in [-0.15, -0.1) is 0 Å². The number of rotatable bonds is 4. The predicted molar refractivity (Wildman–Crippen MR) is 133 cm³/mol. The molecule has 5 aromatic carbocycles. The molecule has 3 nitrogen and oxygen atoms in total. The average Bonchev–Trinajstić information content (AvgIpc) is 2.89. The highest BCUT2D eigenvalue weighted by Crippen LogP contribution is 2.52. The minimum absolute atomic E-state index is 0.701. The molecular formula is C30H21NO2. The second kappa shape index (κ2) is 8.21. The van der Waals surface area contributed by atoms with E-state index in [0.717, 1.165) is 22.8 Å². The first-order valence-corrected chi connectivity index (χ1v) is 11.0. The maximum atomic E-state index is 6.36. The summed E-state index contributed by atoms with van der Waals surface area (Å²) in [5, 5.41) is 0. The third-order valence-electron chi connectivity index (χ3n) is 5.73. The van der Waals surface area contributed by atoms with E-state index in [0.29, 0.717) is 17.2 Å². The Morgan fingerprint density at radius 1 is 0.394 bits per heavy atom. The van der Waals surface area contributed by atoms with Gasteiger partial charge in [0.15, 0.2) is 23.0 Å². The number of anilines is 3. The van der Waals surface area contributed by atoms with Crippen LogP contribution in [-0.4, -0.2) is 0 Å². The Kier molecular flexibility index (Phi) is 4.78. The van der Waals surface area contributed by atoms with Gasteiger partial charge in [-0.2, -0.15) is 0 Å². The highest BCUT2D eigenvalue weighted by Gasteiger charge is 2.25. The van der Waals surface area contributed by atoms with Crippen LogP contribution in [0.4, 0.5) is 17.1 Å². The Morgan fingerprint density at radius 3 is 1.67 bits per heavy atom. The quantitative estimate of drug-likeness (QED) is 0.281. The van der Waals surface area contributed by atoms with Gasteiger partial charge in [-0.25, -0.2) is 0 Å². The van der Waals surface area contributed by atoms with Crippen molar-refractivity contribution in [1.29, 1.82) is 0 Å². The van der Waals surface area contributed by atoms with E-state index in [9.17, 15) is 0 Å². The number of fused-ring (bicyclic) bond motifs is 2. The fourth-order valence-corrected chi connectivity index (χ4v) is 4.15. The van der Waals surface area contributed by atoms with E-state index in [1.165, 1.54) is 11.1 Å². The molecule has 6 rings (SSSR count). The molecule has 5 aromatic rings. The average molecular weight is 428 g/mol. The molecule has 0 atom stereocenters. The van der Waals surface area contributed by atoms with Gasteiger partial charge in [-0.1, -0.05) is 78.9 Å². The number of para-hydroxylation sites is 4. The third kappa shape index (κ3) is 3.60. The van der Waals surface area contributed by atoms with Crippen molar-refractivity contribution in [1.82, 2.24) is 0 Å². The van der Waals surface area contributed by atoms with Gasteiger partial charge >= 0.3 is 0 Å². The summed E-state index contributed by atoms with van der Waals surface area (Å²) in [7, 11) is 0. The molecule has 1 aliphatic rings. The fourth-order valence-electron chi connectivity index (χ4n) is 4.15. The summed E-state index contributed by atoms with van der Waals surface area (Å²) in [5.74, 6) is 2.84. The Labute approximate surface area is 193 Å². The van der Waals surface area contributed by atoms with Crippen molar-refractivity contribution < 1.29 is 9.47 Å². The lowest BCUT2D eigenvalue weighted by atomic mass is 10.0. The molecule has 33 heavy (non-hydrogen) atoms. The molecule has 0 fully saturated rings. The van der Waals surface area contributed by atoms with Crippen molar-refractivity contribution in [2.24, 2.45) is 0 Å². The van der Waals surface area contributed by atoms with Crippen LogP contribution in [0.5, 0.6) is 23.0 Å². The van der Waals surface area contributed by atoms with Gasteiger partial charge in [0.05, 0.1) is 5.69 Å². The molecule has 0 saturated heterocycles. The topological polar surface area (TPSA) is 21.7 Å². The second-order valence-corrected chi connectivity index (χ2v) is 7.84. The zero-order valence-electron chi connectivity index (χ0n) is 17.9. The van der Waals surface area contributed by atoms with Crippen molar-refractivity contribution in [3.05, 3.63) is 127 Å². The van der Waals surface area contributed by atoms with Crippen molar-refractivity contribution in [3.8, 4) is 34.1 Å². The summed E-state index contributed by atoms with van der Waals surface area (Å²) in [5.41, 5.74) is 5.37. The first-order chi connectivity index (χ1) is 16.4. The molecule has 0 spiro atoms. The van der Waals surface area contributed by atoms with Crippen molar-refractivity contribution in [3.63, 3.8) is 0 Å². The van der Waals surface area contributed by atoms with Crippen LogP contribution in [0.2, 0.25) is 0 Å². The lowest BCUT2D eigenvalue weighted by Gasteiger charge is -2.30. The summed E-state index contributed by atoms with van der Waals surface area (Å²) in [6, 6.07) is 43.1. The van der Waals surface area contributed by atoms with Crippen molar-refractivity contribution >= 4 is 17.1 Å². The summed E-state index contributed by atoms with van der Waals surface area (Å²) in [4.78, 5) is 2.20. The summed E-state index contributed by atoms with van der Waals surface area (Å²) >= 11 is 0. The maximum absolute atomic E-state index is 6.36. The fraction of sp³-hybridized carbons (Fsp3) is 0. The Morgan fingerprint density at radius 2 is 0.939 bits per heavy atom. The number of hydrogen-bond donors (Lipinski definition) is 0. The summed E-state index contributed by atoms with van der Waals surface area (Å²) < 4.78 is 12.5. The van der Waals surface area contributed by atoms with E-state index in [4.69, 9.17) is 9.47 Å². The molecule has 0 bridgehead atoms. The van der Waals surface area contributed by atoms with E-state index in [2.05, 4.69) is 71.6 Å². The SMILES string of the molecule is c1ccc(-c2ccc(N(c3ccccc3)c3cccc4c3Oc3ccccc3O4)cc2)cc1. The lowest BCUT2D eigenvalue weighted by molar-refractivity contribution is 0.360. The van der Waals surface area contributed by atoms with Crippen LogP contribution < -0.4 is 14.4 Å². The molecule has 0 unspecified atom stereocenters. The summed E-state index contributed by atoms with van der Waals surface area (Å²) in [6.07, 6.45) is 0. The molecule has 0 amide bonds. The van der Waals surface area contributed by atoms with Gasteiger partial charge in [-0.3, -0.25) is 0 Å². The normalized spacial score (nSPS) is 11.5. The van der Waals surface area contributed by atoms with Gasteiger partial charge in [0, 0.05) is 11.4 Å². The Bertz CT molecular complexity index is 1400. The first kappa shape index (κ1) is 19.2. The van der Waals surface area contributed by atoms with Gasteiger partial charge < -0.3 is 14.4 Å². The smallest absolute Gasteiger partial charge is 0.194 e. The zero-order chi connectivity index (χ0) is 22.0. The maximum Gasteiger partial charge on any atom is 0.194 e. The van der Waals surface area contributed by atoms with Gasteiger partial charge in [-0.05, 0) is 59.7 Å². The van der Waals surface area contributed by atoms with Gasteiger partial charge in [0.2, 0.25) is 0 Å². The molecule has 0 aromatic heterocycles. The van der Waals surface area contributed by atoms with Gasteiger partial charge in [0.25, 0.3) is 0 Å². The minimum atomic E-state index is 0.701. The minimum Gasteiger partial charge on any atom is -0.449 e. The standard InChI is InChI=1S/C30H21NO2/c1-3-10-22(11-4-1)23-18-20-25(21-19-23)31(24-12-5-2-6-13-24)26-14-9-17-29-30(26)33-28-16-8-7-15-27(28)32-29/h1-21H. The first-order valence-electron chi connectivity index (χ1n) is 11.0. The molecule has 0 N–H and O–H groups in total. The summed E-state index contributed by atoms with van der Waals surface area (Å²) in [6.45, 7) is 0. The number of nitrogens with zero attached hydrogens (tertiary/aromatic N) is 1. The molecule has 3 heteroatoms. The van der Waals surface area contributed by atoms with E-state index in [1.54, 1.807) is 0 Å². The molecule has 0 aliphatic carbocycles. The van der Waals surface area contributed by atoms with Crippen LogP contribution >= 0.6 is 0 Å². The third-order valence-corrected chi connectivity index (χ3v) is 5.73. The van der Waals surface area contributed by atoms with E-state index < -0.39 is 0 Å². The van der Waals surface area contributed by atoms with Crippen LogP contribution in [0.3, 0.4) is 0 Å². The monoisotopic (exact) mass is 427 g/mol. The van der Waals surface area contributed by atoms with E-state index in [1.807, 2.05) is 60.7 Å². The molecule has 0 radical (unpaired) electrons. The zero-order valence-corrected chi connectivity index (χ0v) is 17.9. The molecule has 0 saturated carbocycles. The molecule has 1 heterocycles. The second-order valence-electron chi connectivity index (χ2n) is 7.84. The van der Waals surface area contributed by atoms with Crippen LogP contribution in [0.15, 0.2) is 127 Å². The van der Waals surface area contributed by atoms with Crippen molar-refractivity contribution in [2.45, 2.75) is 0 Å². The Balaban J connectivity index is 1.47. The molecule has 1 aliphatic heterocycles. The van der Waals surface area contributed by atoms with Crippen LogP contribution in [0, 0.1) is 0 Å². The number of benzene rings is 5. The molecule has 158 valence electrons. The largest absolute Gasteiger partial charge is 0.449 e. The van der Waals surface area contributed by atoms with Crippen molar-refractivity contribution in [2.75, 3.05) is 4.90 Å². The highest BCUT2D eigenvalue weighted by atomic mass is 16.6. The predicted octanol–water partition coefficient (Wildman–Crippen LogP) is 8.72.